The van der Waals surface area contributed by atoms with Crippen LogP contribution in [-0.2, 0) is 16.2 Å². The van der Waals surface area contributed by atoms with Gasteiger partial charge in [-0.1, -0.05) is 11.6 Å². The first-order chi connectivity index (χ1) is 11.2. The van der Waals surface area contributed by atoms with E-state index in [0.29, 0.717) is 11.8 Å². The highest BCUT2D eigenvalue weighted by atomic mass is 35.5. The largest absolute Gasteiger partial charge is 0.454 e. The van der Waals surface area contributed by atoms with Crippen molar-refractivity contribution < 1.29 is 31.1 Å². The fourth-order valence-electron chi connectivity index (χ4n) is 2.06. The van der Waals surface area contributed by atoms with Gasteiger partial charge in [-0.25, -0.2) is 8.42 Å². The summed E-state index contributed by atoms with van der Waals surface area (Å²) in [5, 5.41) is -0.520. The van der Waals surface area contributed by atoms with Gasteiger partial charge in [0.25, 0.3) is 10.0 Å². The Morgan fingerprint density at radius 1 is 1.04 bits per heavy atom. The maximum Gasteiger partial charge on any atom is 0.417 e. The third-order valence-electron chi connectivity index (χ3n) is 3.18. The predicted octanol–water partition coefficient (Wildman–Crippen LogP) is 3.89. The number of fused-ring (bicyclic) bond motifs is 1. The molecule has 0 saturated carbocycles. The molecule has 1 aliphatic heterocycles. The van der Waals surface area contributed by atoms with Crippen molar-refractivity contribution in [1.82, 2.24) is 0 Å². The van der Waals surface area contributed by atoms with Crippen LogP contribution in [0.25, 0.3) is 0 Å². The summed E-state index contributed by atoms with van der Waals surface area (Å²) in [5.41, 5.74) is -1.39. The summed E-state index contributed by atoms with van der Waals surface area (Å²) in [6.07, 6.45) is -4.70. The lowest BCUT2D eigenvalue weighted by Gasteiger charge is -2.13. The lowest BCUT2D eigenvalue weighted by molar-refractivity contribution is -0.137. The van der Waals surface area contributed by atoms with Crippen LogP contribution >= 0.6 is 11.6 Å². The van der Waals surface area contributed by atoms with Crippen LogP contribution in [0, 0.1) is 0 Å². The van der Waals surface area contributed by atoms with Crippen molar-refractivity contribution in [2.75, 3.05) is 11.5 Å². The van der Waals surface area contributed by atoms with E-state index in [0.717, 1.165) is 12.1 Å². The Labute approximate surface area is 140 Å². The summed E-state index contributed by atoms with van der Waals surface area (Å²) in [5.74, 6) is 0.629. The van der Waals surface area contributed by atoms with Crippen LogP contribution < -0.4 is 14.2 Å². The van der Waals surface area contributed by atoms with Crippen molar-refractivity contribution in [3.63, 3.8) is 0 Å². The summed E-state index contributed by atoms with van der Waals surface area (Å²) in [6.45, 7) is -0.0294. The average Bonchev–Trinajstić information content (AvgIpc) is 2.95. The topological polar surface area (TPSA) is 64.6 Å². The fourth-order valence-corrected chi connectivity index (χ4v) is 3.35. The maximum atomic E-state index is 12.8. The molecule has 24 heavy (non-hydrogen) atoms. The smallest absolute Gasteiger partial charge is 0.417 e. The van der Waals surface area contributed by atoms with Gasteiger partial charge < -0.3 is 9.47 Å². The normalized spacial score (nSPS) is 13.8. The van der Waals surface area contributed by atoms with Gasteiger partial charge in [-0.05, 0) is 30.3 Å². The SMILES string of the molecule is O=S(=O)(Nc1ccc(Cl)c(C(F)(F)F)c1)c1ccc2c(c1)OCO2. The second-order valence-corrected chi connectivity index (χ2v) is 6.90. The first kappa shape index (κ1) is 16.7. The van der Waals surface area contributed by atoms with E-state index in [9.17, 15) is 21.6 Å². The van der Waals surface area contributed by atoms with Crippen LogP contribution in [0.2, 0.25) is 5.02 Å². The Bertz CT molecular complexity index is 899. The number of sulfonamides is 1. The Kier molecular flexibility index (Phi) is 4.00. The lowest BCUT2D eigenvalue weighted by Crippen LogP contribution is -2.14. The number of hydrogen-bond donors (Lipinski definition) is 1. The Morgan fingerprint density at radius 2 is 1.75 bits per heavy atom. The molecule has 3 rings (SSSR count). The van der Waals surface area contributed by atoms with Crippen molar-refractivity contribution in [3.8, 4) is 11.5 Å². The van der Waals surface area contributed by atoms with E-state index in [4.69, 9.17) is 21.1 Å². The van der Waals surface area contributed by atoms with Crippen LogP contribution in [0.3, 0.4) is 0 Å². The van der Waals surface area contributed by atoms with E-state index in [-0.39, 0.29) is 23.1 Å². The van der Waals surface area contributed by atoms with Gasteiger partial charge in [0.15, 0.2) is 11.5 Å². The van der Waals surface area contributed by atoms with Gasteiger partial charge in [0.05, 0.1) is 15.5 Å². The second-order valence-electron chi connectivity index (χ2n) is 4.81. The van der Waals surface area contributed by atoms with Crippen LogP contribution in [0.15, 0.2) is 41.3 Å². The number of anilines is 1. The number of ether oxygens (including phenoxy) is 2. The van der Waals surface area contributed by atoms with Crippen molar-refractivity contribution in [1.29, 1.82) is 0 Å². The zero-order valence-corrected chi connectivity index (χ0v) is 13.3. The Hall–Kier alpha value is -2.13. The predicted molar refractivity (Wildman–Crippen MR) is 79.8 cm³/mol. The number of rotatable bonds is 3. The molecule has 128 valence electrons. The highest BCUT2D eigenvalue weighted by molar-refractivity contribution is 7.92. The van der Waals surface area contributed by atoms with Crippen molar-refractivity contribution in [2.24, 2.45) is 0 Å². The molecule has 2 aromatic rings. The standard InChI is InChI=1S/C14H9ClF3NO4S/c15-11-3-1-8(5-10(11)14(16,17)18)19-24(20,21)9-2-4-12-13(6-9)23-7-22-12/h1-6,19H,7H2. The molecule has 1 N–H and O–H groups in total. The number of halogens is 4. The van der Waals surface area contributed by atoms with Crippen LogP contribution in [0.4, 0.5) is 18.9 Å². The minimum Gasteiger partial charge on any atom is -0.454 e. The highest BCUT2D eigenvalue weighted by Gasteiger charge is 2.33. The molecule has 0 saturated heterocycles. The number of hydrogen-bond acceptors (Lipinski definition) is 4. The second kappa shape index (κ2) is 5.75. The molecule has 0 atom stereocenters. The highest BCUT2D eigenvalue weighted by Crippen LogP contribution is 2.37. The Balaban J connectivity index is 1.93. The summed E-state index contributed by atoms with van der Waals surface area (Å²) in [6, 6.07) is 6.64. The van der Waals surface area contributed by atoms with Gasteiger partial charge in [0.1, 0.15) is 0 Å². The van der Waals surface area contributed by atoms with Crippen molar-refractivity contribution in [2.45, 2.75) is 11.1 Å². The molecule has 5 nitrogen and oxygen atoms in total. The molecule has 0 spiro atoms. The molecule has 0 amide bonds. The molecule has 0 fully saturated rings. The molecule has 1 aliphatic rings. The zero-order valence-electron chi connectivity index (χ0n) is 11.7. The van der Waals surface area contributed by atoms with Crippen molar-refractivity contribution in [3.05, 3.63) is 47.0 Å². The van der Waals surface area contributed by atoms with Gasteiger partial charge in [0, 0.05) is 11.8 Å². The van der Waals surface area contributed by atoms with Gasteiger partial charge in [-0.2, -0.15) is 13.2 Å². The fraction of sp³-hybridized carbons (Fsp3) is 0.143. The first-order valence-corrected chi connectivity index (χ1v) is 8.32. The summed E-state index contributed by atoms with van der Waals surface area (Å²) < 4.78 is 75.4. The van der Waals surface area contributed by atoms with E-state index < -0.39 is 26.8 Å². The molecule has 0 bridgehead atoms. The summed E-state index contributed by atoms with van der Waals surface area (Å²) in [4.78, 5) is -0.171. The number of nitrogens with one attached hydrogen (secondary N) is 1. The van der Waals surface area contributed by atoms with E-state index in [2.05, 4.69) is 4.72 Å². The Morgan fingerprint density at radius 3 is 2.46 bits per heavy atom. The molecular formula is C14H9ClF3NO4S. The lowest BCUT2D eigenvalue weighted by atomic mass is 10.2. The maximum absolute atomic E-state index is 12.8. The molecule has 0 radical (unpaired) electrons. The third kappa shape index (κ3) is 3.22. The molecule has 0 aliphatic carbocycles. The summed E-state index contributed by atoms with van der Waals surface area (Å²) in [7, 11) is -4.11. The summed E-state index contributed by atoms with van der Waals surface area (Å²) >= 11 is 5.51. The molecular weight excluding hydrogens is 371 g/mol. The number of benzene rings is 2. The molecule has 0 unspecified atom stereocenters. The third-order valence-corrected chi connectivity index (χ3v) is 4.89. The average molecular weight is 380 g/mol. The van der Waals surface area contributed by atoms with Gasteiger partial charge in [0.2, 0.25) is 6.79 Å². The van der Waals surface area contributed by atoms with Gasteiger partial charge in [-0.3, -0.25) is 4.72 Å². The van der Waals surface area contributed by atoms with E-state index in [1.54, 1.807) is 0 Å². The van der Waals surface area contributed by atoms with E-state index in [1.807, 2.05) is 0 Å². The minimum atomic E-state index is -4.70. The van der Waals surface area contributed by atoms with Gasteiger partial charge >= 0.3 is 6.18 Å². The van der Waals surface area contributed by atoms with Crippen molar-refractivity contribution >= 4 is 27.3 Å². The monoisotopic (exact) mass is 379 g/mol. The van der Waals surface area contributed by atoms with Crippen LogP contribution in [-0.4, -0.2) is 15.2 Å². The van der Waals surface area contributed by atoms with Crippen LogP contribution in [0.5, 0.6) is 11.5 Å². The molecule has 1 heterocycles. The number of alkyl halides is 3. The molecule has 2 aromatic carbocycles. The quantitative estimate of drug-likeness (QED) is 0.878. The van der Waals surface area contributed by atoms with E-state index in [1.165, 1.54) is 18.2 Å². The van der Waals surface area contributed by atoms with E-state index >= 15 is 0 Å². The van der Waals surface area contributed by atoms with Crippen LogP contribution in [0.1, 0.15) is 5.56 Å². The minimum absolute atomic E-state index is 0.0294. The zero-order chi connectivity index (χ0) is 17.5. The molecule has 10 heteroatoms. The first-order valence-electron chi connectivity index (χ1n) is 6.46. The molecule has 0 aromatic heterocycles. The van der Waals surface area contributed by atoms with Gasteiger partial charge in [-0.15, -0.1) is 0 Å².